The molecule has 1 aliphatic carbocycles. The highest BCUT2D eigenvalue weighted by Gasteiger charge is 2.21. The van der Waals surface area contributed by atoms with Crippen LogP contribution in [0.5, 0.6) is 0 Å². The highest BCUT2D eigenvalue weighted by molar-refractivity contribution is 5.69. The molecular formula is C24H20F2N4. The SMILES string of the molecule is Fc1cc(-c2ncn[nH]2)ccc1-c1cccc(CNC2Cc3ccccc3C2)c1F. The Kier molecular flexibility index (Phi) is 4.85. The maximum absolute atomic E-state index is 15.2. The smallest absolute Gasteiger partial charge is 0.155 e. The summed E-state index contributed by atoms with van der Waals surface area (Å²) in [4.78, 5) is 4.02. The molecule has 0 fully saturated rings. The van der Waals surface area contributed by atoms with Crippen LogP contribution in [0.15, 0.2) is 67.0 Å². The standard InChI is InChI=1S/C24H20F2N4/c25-22-12-17(24-28-14-29-30-24)8-9-20(22)21-7-3-6-18(23(21)26)13-27-19-10-15-4-1-2-5-16(15)11-19/h1-9,12,14,19,27H,10-11,13H2,(H,28,29,30). The number of rotatable bonds is 5. The first-order chi connectivity index (χ1) is 14.7. The Morgan fingerprint density at radius 2 is 1.73 bits per heavy atom. The van der Waals surface area contributed by atoms with Gasteiger partial charge in [-0.2, -0.15) is 5.10 Å². The zero-order valence-electron chi connectivity index (χ0n) is 16.2. The number of hydrogen-bond acceptors (Lipinski definition) is 3. The molecule has 0 atom stereocenters. The fraction of sp³-hybridized carbons (Fsp3) is 0.167. The van der Waals surface area contributed by atoms with Crippen molar-refractivity contribution >= 4 is 0 Å². The Hall–Kier alpha value is -3.38. The molecule has 0 amide bonds. The lowest BCUT2D eigenvalue weighted by Gasteiger charge is -2.14. The van der Waals surface area contributed by atoms with Crippen molar-refractivity contribution in [2.75, 3.05) is 0 Å². The van der Waals surface area contributed by atoms with Crippen LogP contribution >= 0.6 is 0 Å². The quantitative estimate of drug-likeness (QED) is 0.510. The lowest BCUT2D eigenvalue weighted by atomic mass is 9.99. The number of fused-ring (bicyclic) bond motifs is 1. The first-order valence-corrected chi connectivity index (χ1v) is 9.92. The molecule has 1 aliphatic rings. The summed E-state index contributed by atoms with van der Waals surface area (Å²) in [6.07, 6.45) is 3.24. The van der Waals surface area contributed by atoms with E-state index in [1.165, 1.54) is 23.5 Å². The maximum Gasteiger partial charge on any atom is 0.155 e. The Bertz CT molecular complexity index is 1160. The van der Waals surface area contributed by atoms with Crippen LogP contribution in [0.3, 0.4) is 0 Å². The molecular weight excluding hydrogens is 382 g/mol. The summed E-state index contributed by atoms with van der Waals surface area (Å²) in [6.45, 7) is 0.399. The average molecular weight is 402 g/mol. The minimum Gasteiger partial charge on any atom is -0.309 e. The van der Waals surface area contributed by atoms with Crippen molar-refractivity contribution in [1.29, 1.82) is 0 Å². The molecule has 4 aromatic rings. The number of halogens is 2. The van der Waals surface area contributed by atoms with Gasteiger partial charge in [0.15, 0.2) is 5.82 Å². The van der Waals surface area contributed by atoms with Gasteiger partial charge in [0.1, 0.15) is 18.0 Å². The number of hydrogen-bond donors (Lipinski definition) is 2. The van der Waals surface area contributed by atoms with Crippen molar-refractivity contribution in [2.24, 2.45) is 0 Å². The van der Waals surface area contributed by atoms with E-state index in [-0.39, 0.29) is 17.2 Å². The number of nitrogens with one attached hydrogen (secondary N) is 2. The highest BCUT2D eigenvalue weighted by atomic mass is 19.1. The van der Waals surface area contributed by atoms with Crippen molar-refractivity contribution in [3.63, 3.8) is 0 Å². The van der Waals surface area contributed by atoms with Crippen LogP contribution in [0.25, 0.3) is 22.5 Å². The third-order valence-corrected chi connectivity index (χ3v) is 5.66. The molecule has 6 heteroatoms. The van der Waals surface area contributed by atoms with Gasteiger partial charge < -0.3 is 5.32 Å². The van der Waals surface area contributed by atoms with Crippen LogP contribution in [-0.2, 0) is 19.4 Å². The van der Waals surface area contributed by atoms with Crippen LogP contribution in [0.4, 0.5) is 8.78 Å². The largest absolute Gasteiger partial charge is 0.309 e. The van der Waals surface area contributed by atoms with Gasteiger partial charge in [-0.15, -0.1) is 0 Å². The second kappa shape index (κ2) is 7.80. The van der Waals surface area contributed by atoms with Crippen molar-refractivity contribution in [1.82, 2.24) is 20.5 Å². The van der Waals surface area contributed by atoms with Gasteiger partial charge in [-0.05, 0) is 30.0 Å². The molecule has 5 rings (SSSR count). The van der Waals surface area contributed by atoms with Gasteiger partial charge in [-0.25, -0.2) is 13.8 Å². The summed E-state index contributed by atoms with van der Waals surface area (Å²) in [7, 11) is 0. The third kappa shape index (κ3) is 3.50. The van der Waals surface area contributed by atoms with Gasteiger partial charge in [-0.1, -0.05) is 54.6 Å². The second-order valence-corrected chi connectivity index (χ2v) is 7.56. The van der Waals surface area contributed by atoms with Crippen molar-refractivity contribution < 1.29 is 8.78 Å². The summed E-state index contributed by atoms with van der Waals surface area (Å²) >= 11 is 0. The molecule has 3 aromatic carbocycles. The predicted octanol–water partition coefficient (Wildman–Crippen LogP) is 4.67. The van der Waals surface area contributed by atoms with Gasteiger partial charge in [0.25, 0.3) is 0 Å². The van der Waals surface area contributed by atoms with Gasteiger partial charge in [0, 0.05) is 34.8 Å². The van der Waals surface area contributed by atoms with E-state index >= 15 is 4.39 Å². The molecule has 4 nitrogen and oxygen atoms in total. The van der Waals surface area contributed by atoms with Crippen molar-refractivity contribution in [2.45, 2.75) is 25.4 Å². The molecule has 2 N–H and O–H groups in total. The topological polar surface area (TPSA) is 53.6 Å². The van der Waals surface area contributed by atoms with Crippen molar-refractivity contribution in [3.8, 4) is 22.5 Å². The molecule has 30 heavy (non-hydrogen) atoms. The zero-order chi connectivity index (χ0) is 20.5. The second-order valence-electron chi connectivity index (χ2n) is 7.56. The van der Waals surface area contributed by atoms with E-state index in [0.29, 0.717) is 23.5 Å². The molecule has 0 bridgehead atoms. The third-order valence-electron chi connectivity index (χ3n) is 5.66. The fourth-order valence-electron chi connectivity index (χ4n) is 4.11. The summed E-state index contributed by atoms with van der Waals surface area (Å²) in [6, 6.07) is 18.4. The van der Waals surface area contributed by atoms with Crippen LogP contribution < -0.4 is 5.32 Å². The normalized spacial score (nSPS) is 13.5. The molecule has 0 spiro atoms. The number of H-pyrrole nitrogens is 1. The molecule has 0 saturated heterocycles. The fourth-order valence-corrected chi connectivity index (χ4v) is 4.11. The first-order valence-electron chi connectivity index (χ1n) is 9.92. The Labute approximate surface area is 173 Å². The highest BCUT2D eigenvalue weighted by Crippen LogP contribution is 2.30. The monoisotopic (exact) mass is 402 g/mol. The van der Waals surface area contributed by atoms with Gasteiger partial charge in [0.2, 0.25) is 0 Å². The average Bonchev–Trinajstić information content (AvgIpc) is 3.43. The Morgan fingerprint density at radius 1 is 0.933 bits per heavy atom. The van der Waals surface area contributed by atoms with Crippen LogP contribution in [-0.4, -0.2) is 21.2 Å². The lowest BCUT2D eigenvalue weighted by molar-refractivity contribution is 0.516. The van der Waals surface area contributed by atoms with Crippen LogP contribution in [0, 0.1) is 11.6 Å². The van der Waals surface area contributed by atoms with E-state index in [4.69, 9.17) is 0 Å². The van der Waals surface area contributed by atoms with E-state index in [2.05, 4.69) is 32.6 Å². The summed E-state index contributed by atoms with van der Waals surface area (Å²) < 4.78 is 30.0. The molecule has 0 saturated carbocycles. The zero-order valence-corrected chi connectivity index (χ0v) is 16.2. The van der Waals surface area contributed by atoms with Crippen LogP contribution in [0.1, 0.15) is 16.7 Å². The van der Waals surface area contributed by atoms with E-state index in [1.54, 1.807) is 30.3 Å². The molecule has 0 radical (unpaired) electrons. The number of benzene rings is 3. The minimum atomic E-state index is -0.501. The summed E-state index contributed by atoms with van der Waals surface area (Å²) in [5.41, 5.74) is 4.27. The molecule has 0 unspecified atom stereocenters. The molecule has 0 aliphatic heterocycles. The molecule has 1 heterocycles. The summed E-state index contributed by atoms with van der Waals surface area (Å²) in [5, 5.41) is 9.93. The Morgan fingerprint density at radius 3 is 2.43 bits per heavy atom. The van der Waals surface area contributed by atoms with Crippen LogP contribution in [0.2, 0.25) is 0 Å². The predicted molar refractivity (Wildman–Crippen MR) is 112 cm³/mol. The molecule has 150 valence electrons. The van der Waals surface area contributed by atoms with Gasteiger partial charge >= 0.3 is 0 Å². The number of aromatic nitrogens is 3. The first kappa shape index (κ1) is 18.6. The van der Waals surface area contributed by atoms with Gasteiger partial charge in [0.05, 0.1) is 0 Å². The maximum atomic E-state index is 15.2. The van der Waals surface area contributed by atoms with Crippen molar-refractivity contribution in [3.05, 3.63) is 95.3 Å². The summed E-state index contributed by atoms with van der Waals surface area (Å²) in [5.74, 6) is -0.428. The number of nitrogens with zero attached hydrogens (tertiary/aromatic N) is 2. The Balaban J connectivity index is 1.35. The minimum absolute atomic E-state index is 0.228. The van der Waals surface area contributed by atoms with Gasteiger partial charge in [-0.3, -0.25) is 5.10 Å². The van der Waals surface area contributed by atoms with E-state index in [1.807, 2.05) is 12.1 Å². The van der Waals surface area contributed by atoms with E-state index in [9.17, 15) is 4.39 Å². The van der Waals surface area contributed by atoms with E-state index < -0.39 is 11.6 Å². The lowest BCUT2D eigenvalue weighted by Crippen LogP contribution is -2.29. The number of aromatic amines is 1. The van der Waals surface area contributed by atoms with E-state index in [0.717, 1.165) is 12.8 Å². The molecule has 1 aromatic heterocycles.